The number of aliphatic hydroxyl groups excluding tert-OH is 1. The van der Waals surface area contributed by atoms with Crippen LogP contribution in [0.5, 0.6) is 0 Å². The van der Waals surface area contributed by atoms with Gasteiger partial charge in [-0.2, -0.15) is 0 Å². The third-order valence-corrected chi connectivity index (χ3v) is 11.1. The quantitative estimate of drug-likeness (QED) is 0.299. The van der Waals surface area contributed by atoms with Gasteiger partial charge in [0.05, 0.1) is 24.5 Å². The van der Waals surface area contributed by atoms with Crippen LogP contribution in [0.4, 0.5) is 4.79 Å². The highest BCUT2D eigenvalue weighted by Crippen LogP contribution is 2.43. The number of aliphatic hydroxyl groups is 1. The van der Waals surface area contributed by atoms with Crippen molar-refractivity contribution in [3.63, 3.8) is 0 Å². The number of aryl methyl sites for hydroxylation is 1. The Morgan fingerprint density at radius 2 is 1.96 bits per heavy atom. The van der Waals surface area contributed by atoms with Crippen LogP contribution in [-0.2, 0) is 11.2 Å². The van der Waals surface area contributed by atoms with Crippen LogP contribution in [0.2, 0.25) is 0 Å². The largest absolute Gasteiger partial charge is 0.393 e. The van der Waals surface area contributed by atoms with E-state index >= 15 is 0 Å². The molecule has 252 valence electrons. The number of carbonyl (C=O) groups is 2. The van der Waals surface area contributed by atoms with Crippen molar-refractivity contribution in [1.29, 1.82) is 0 Å². The second kappa shape index (κ2) is 15.5. The van der Waals surface area contributed by atoms with Gasteiger partial charge in [0.15, 0.2) is 0 Å². The van der Waals surface area contributed by atoms with E-state index in [1.54, 1.807) is 4.90 Å². The maximum atomic E-state index is 14.0. The van der Waals surface area contributed by atoms with Crippen LogP contribution in [0.1, 0.15) is 82.0 Å². The van der Waals surface area contributed by atoms with E-state index in [9.17, 15) is 14.7 Å². The second-order valence-corrected chi connectivity index (χ2v) is 15.0. The van der Waals surface area contributed by atoms with Crippen LogP contribution < -0.4 is 16.0 Å². The molecule has 1 aromatic heterocycles. The van der Waals surface area contributed by atoms with E-state index in [1.165, 1.54) is 23.1 Å². The molecule has 0 aromatic carbocycles. The number of hydrogen-bond acceptors (Lipinski definition) is 7. The number of nitrogens with one attached hydrogen (secondary N) is 3. The van der Waals surface area contributed by atoms with Crippen LogP contribution in [0.3, 0.4) is 0 Å². The molecule has 0 bridgehead atoms. The highest BCUT2D eigenvalue weighted by molar-refractivity contribution is 9.10. The molecule has 3 aliphatic carbocycles. The first-order valence-electron chi connectivity index (χ1n) is 17.2. The fourth-order valence-electron chi connectivity index (χ4n) is 8.08. The van der Waals surface area contributed by atoms with E-state index in [1.807, 2.05) is 6.20 Å². The van der Waals surface area contributed by atoms with Crippen molar-refractivity contribution in [2.75, 3.05) is 45.9 Å². The van der Waals surface area contributed by atoms with E-state index in [2.05, 4.69) is 60.7 Å². The third kappa shape index (κ3) is 7.81. The molecule has 5 aliphatic rings. The summed E-state index contributed by atoms with van der Waals surface area (Å²) < 4.78 is 0.962. The van der Waals surface area contributed by atoms with Crippen LogP contribution in [-0.4, -0.2) is 107 Å². The molecule has 3 heterocycles. The van der Waals surface area contributed by atoms with E-state index < -0.39 is 6.04 Å². The molecule has 6 rings (SSSR count). The highest BCUT2D eigenvalue weighted by atomic mass is 79.9. The average Bonchev–Trinajstić information content (AvgIpc) is 3.34. The van der Waals surface area contributed by atoms with Gasteiger partial charge in [-0.1, -0.05) is 30.9 Å². The van der Waals surface area contributed by atoms with Crippen LogP contribution in [0, 0.1) is 0 Å². The second-order valence-electron chi connectivity index (χ2n) is 13.6. The molecule has 4 N–H and O–H groups in total. The number of carbonyl (C=O) groups excluding carboxylic acids is 2. The lowest BCUT2D eigenvalue weighted by Gasteiger charge is -2.45. The molecular formula is C34H49BrClN7O3. The fraction of sp³-hybridized carbons (Fsp3) is 0.676. The van der Waals surface area contributed by atoms with Gasteiger partial charge >= 0.3 is 6.03 Å². The summed E-state index contributed by atoms with van der Waals surface area (Å²) in [7, 11) is 0. The normalized spacial score (nSPS) is 27.9. The number of urea groups is 1. The standard InChI is InChI=1S/C34H49BrClN7O3/c1-22-19-41(30(21-44)39-22)13-5-12-37-33(45)29-20-42(14-15-43(29)34(46)40-27-6-3-2-4-7-27)32-28-11-10-26(36)17-23(28)8-9-24-16-25(35)18-38-31(24)32/h16-18,22,27,29-30,32,39,44H,2-15,19-21H2,1H3,(H,37,45)(H,40,46). The summed E-state index contributed by atoms with van der Waals surface area (Å²) in [5, 5.41) is 20.5. The number of piperazine rings is 1. The fourth-order valence-corrected chi connectivity index (χ4v) is 8.69. The summed E-state index contributed by atoms with van der Waals surface area (Å²) in [5.74, 6) is -0.117. The molecule has 46 heavy (non-hydrogen) atoms. The molecule has 3 amide bonds. The Hall–Kier alpha value is -2.02. The van der Waals surface area contributed by atoms with Gasteiger partial charge in [0.2, 0.25) is 5.91 Å². The molecule has 1 saturated carbocycles. The molecule has 1 aromatic rings. The highest BCUT2D eigenvalue weighted by Gasteiger charge is 2.41. The number of allylic oxidation sites excluding steroid dienone is 3. The van der Waals surface area contributed by atoms with Gasteiger partial charge in [-0.3, -0.25) is 24.9 Å². The van der Waals surface area contributed by atoms with E-state index in [4.69, 9.17) is 16.6 Å². The smallest absolute Gasteiger partial charge is 0.318 e. The Balaban J connectivity index is 1.21. The summed E-state index contributed by atoms with van der Waals surface area (Å²) in [6.45, 7) is 5.89. The lowest BCUT2D eigenvalue weighted by Crippen LogP contribution is -2.63. The van der Waals surface area contributed by atoms with Gasteiger partial charge in [0.1, 0.15) is 6.04 Å². The number of halogens is 2. The van der Waals surface area contributed by atoms with Gasteiger partial charge in [0, 0.05) is 67.1 Å². The van der Waals surface area contributed by atoms with Crippen molar-refractivity contribution in [3.8, 4) is 0 Å². The van der Waals surface area contributed by atoms with Crippen LogP contribution in [0.25, 0.3) is 0 Å². The summed E-state index contributed by atoms with van der Waals surface area (Å²) >= 11 is 10.2. The molecule has 0 spiro atoms. The number of rotatable bonds is 8. The SMILES string of the molecule is CC1CN(CCCNC(=O)C2CN(C3C4=C(C=C(Cl)CC4)CCc4cc(Br)cnc43)CCN2C(=O)NC2CCCCC2)C(CO)N1. The minimum Gasteiger partial charge on any atom is -0.393 e. The Kier molecular flexibility index (Phi) is 11.4. The molecular weight excluding hydrogens is 670 g/mol. The van der Waals surface area contributed by atoms with Crippen LogP contribution in [0.15, 0.2) is 39.0 Å². The maximum Gasteiger partial charge on any atom is 0.318 e. The number of fused-ring (bicyclic) bond motifs is 1. The molecule has 4 unspecified atom stereocenters. The first-order valence-corrected chi connectivity index (χ1v) is 18.4. The number of pyridine rings is 1. The summed E-state index contributed by atoms with van der Waals surface area (Å²) in [4.78, 5) is 39.1. The Morgan fingerprint density at radius 3 is 2.76 bits per heavy atom. The van der Waals surface area contributed by atoms with Gasteiger partial charge in [-0.05, 0) is 96.7 Å². The Labute approximate surface area is 286 Å². The van der Waals surface area contributed by atoms with Crippen molar-refractivity contribution >= 4 is 39.5 Å². The lowest BCUT2D eigenvalue weighted by molar-refractivity contribution is -0.127. The topological polar surface area (TPSA) is 113 Å². The molecule has 2 saturated heterocycles. The van der Waals surface area contributed by atoms with Gasteiger partial charge in [0.25, 0.3) is 0 Å². The summed E-state index contributed by atoms with van der Waals surface area (Å²) in [6.07, 6.45) is 13.7. The lowest BCUT2D eigenvalue weighted by atomic mass is 9.88. The molecule has 4 atom stereocenters. The summed E-state index contributed by atoms with van der Waals surface area (Å²) in [6, 6.07) is 1.85. The monoisotopic (exact) mass is 717 g/mol. The average molecular weight is 719 g/mol. The van der Waals surface area contributed by atoms with Gasteiger partial charge in [-0.25, -0.2) is 4.79 Å². The zero-order valence-corrected chi connectivity index (χ0v) is 29.3. The zero-order chi connectivity index (χ0) is 32.2. The predicted molar refractivity (Wildman–Crippen MR) is 183 cm³/mol. The van der Waals surface area contributed by atoms with Crippen molar-refractivity contribution in [1.82, 2.24) is 35.6 Å². The third-order valence-electron chi connectivity index (χ3n) is 10.4. The molecule has 2 aliphatic heterocycles. The molecule has 3 fully saturated rings. The Morgan fingerprint density at radius 1 is 1.13 bits per heavy atom. The van der Waals surface area contributed by atoms with Gasteiger partial charge < -0.3 is 20.6 Å². The minimum absolute atomic E-state index is 0.0445. The molecule has 10 nitrogen and oxygen atoms in total. The van der Waals surface area contributed by atoms with Crippen molar-refractivity contribution in [3.05, 3.63) is 50.2 Å². The van der Waals surface area contributed by atoms with Gasteiger partial charge in [-0.15, -0.1) is 0 Å². The Bertz CT molecular complexity index is 1340. The number of aromatic nitrogens is 1. The van der Waals surface area contributed by atoms with E-state index in [0.717, 1.165) is 86.1 Å². The van der Waals surface area contributed by atoms with Crippen molar-refractivity contribution < 1.29 is 14.7 Å². The first-order chi connectivity index (χ1) is 22.3. The van der Waals surface area contributed by atoms with E-state index in [0.29, 0.717) is 32.2 Å². The number of nitrogens with zero attached hydrogens (tertiary/aromatic N) is 4. The molecule has 12 heteroatoms. The van der Waals surface area contributed by atoms with Crippen molar-refractivity contribution in [2.24, 2.45) is 0 Å². The number of hydrogen-bond donors (Lipinski definition) is 4. The van der Waals surface area contributed by atoms with E-state index in [-0.39, 0.29) is 36.8 Å². The summed E-state index contributed by atoms with van der Waals surface area (Å²) in [5.41, 5.74) is 4.87. The zero-order valence-electron chi connectivity index (χ0n) is 26.9. The minimum atomic E-state index is -0.620. The predicted octanol–water partition coefficient (Wildman–Crippen LogP) is 4.19. The van der Waals surface area contributed by atoms with Crippen LogP contribution >= 0.6 is 27.5 Å². The maximum absolute atomic E-state index is 14.0. The van der Waals surface area contributed by atoms with Crippen molar-refractivity contribution in [2.45, 2.75) is 101 Å². The molecule has 0 radical (unpaired) electrons. The number of amides is 3. The first kappa shape index (κ1) is 33.9.